The lowest BCUT2D eigenvalue weighted by atomic mass is 9.86. The predicted molar refractivity (Wildman–Crippen MR) is 104 cm³/mol. The summed E-state index contributed by atoms with van der Waals surface area (Å²) < 4.78 is 18.0. The van der Waals surface area contributed by atoms with Crippen molar-refractivity contribution in [2.24, 2.45) is 0 Å². The van der Waals surface area contributed by atoms with Crippen molar-refractivity contribution in [3.8, 4) is 0 Å². The lowest BCUT2D eigenvalue weighted by molar-refractivity contribution is -0.479. The molecule has 0 bridgehead atoms. The molecular formula is C23H20FIN2. The standard InChI is InChI=1S/C23H20FN2.HI/c1-23(2,3)17-6-9-21-15(12-17)4-8-19-14-25-20-10-7-18(24)13-16(20)5-11-22(25)26(19)21;/h4-14H,1-3H3;1H/q+1;/p-1. The molecule has 3 heterocycles. The SMILES string of the molecule is CC(C)(C)c1ccc2c(ccc3c[n+]4c5ccc(F)cc5ccc4n32)c1.[I-]. The van der Waals surface area contributed by atoms with Gasteiger partial charge in [0.15, 0.2) is 5.52 Å². The van der Waals surface area contributed by atoms with E-state index in [1.54, 1.807) is 6.07 Å². The Bertz CT molecular complexity index is 1330. The highest BCUT2D eigenvalue weighted by atomic mass is 127. The first-order valence-electron chi connectivity index (χ1n) is 8.90. The summed E-state index contributed by atoms with van der Waals surface area (Å²) in [6.07, 6.45) is 2.12. The predicted octanol–water partition coefficient (Wildman–Crippen LogP) is 2.43. The number of aromatic nitrogens is 2. The molecule has 3 aromatic heterocycles. The molecule has 4 heteroatoms. The van der Waals surface area contributed by atoms with Gasteiger partial charge in [-0.1, -0.05) is 26.8 Å². The van der Waals surface area contributed by atoms with Gasteiger partial charge in [-0.05, 0) is 59.5 Å². The second-order valence-corrected chi connectivity index (χ2v) is 8.01. The van der Waals surface area contributed by atoms with E-state index in [-0.39, 0.29) is 35.2 Å². The van der Waals surface area contributed by atoms with Gasteiger partial charge < -0.3 is 24.0 Å². The van der Waals surface area contributed by atoms with Crippen molar-refractivity contribution in [3.63, 3.8) is 0 Å². The highest BCUT2D eigenvalue weighted by molar-refractivity contribution is 5.86. The lowest BCUT2D eigenvalue weighted by Crippen LogP contribution is -3.00. The summed E-state index contributed by atoms with van der Waals surface area (Å²) in [5, 5.41) is 2.12. The Kier molecular flexibility index (Phi) is 4.14. The van der Waals surface area contributed by atoms with E-state index in [2.05, 4.69) is 72.2 Å². The van der Waals surface area contributed by atoms with E-state index in [4.69, 9.17) is 0 Å². The number of hydrogen-bond acceptors (Lipinski definition) is 0. The van der Waals surface area contributed by atoms with Gasteiger partial charge in [-0.15, -0.1) is 0 Å². The Morgan fingerprint density at radius 1 is 0.852 bits per heavy atom. The summed E-state index contributed by atoms with van der Waals surface area (Å²) in [6.45, 7) is 6.70. The zero-order valence-corrected chi connectivity index (χ0v) is 17.7. The third kappa shape index (κ3) is 2.78. The molecule has 0 saturated heterocycles. The average Bonchev–Trinajstić information content (AvgIpc) is 2.99. The molecule has 0 fully saturated rings. The molecule has 0 N–H and O–H groups in total. The van der Waals surface area contributed by atoms with Crippen molar-refractivity contribution in [3.05, 3.63) is 78.2 Å². The summed E-state index contributed by atoms with van der Waals surface area (Å²) >= 11 is 0. The summed E-state index contributed by atoms with van der Waals surface area (Å²) in [7, 11) is 0. The zero-order chi connectivity index (χ0) is 18.1. The van der Waals surface area contributed by atoms with E-state index < -0.39 is 0 Å². The molecule has 0 saturated carbocycles. The number of pyridine rings is 2. The monoisotopic (exact) mass is 470 g/mol. The van der Waals surface area contributed by atoms with Crippen LogP contribution < -0.4 is 28.4 Å². The van der Waals surface area contributed by atoms with E-state index in [1.165, 1.54) is 22.5 Å². The molecule has 5 rings (SSSR count). The molecule has 0 amide bonds. The van der Waals surface area contributed by atoms with Crippen LogP contribution in [-0.4, -0.2) is 4.40 Å². The van der Waals surface area contributed by atoms with Crippen LogP contribution in [0.1, 0.15) is 26.3 Å². The Labute approximate surface area is 174 Å². The fraction of sp³-hybridized carbons (Fsp3) is 0.174. The second-order valence-electron chi connectivity index (χ2n) is 8.01. The Morgan fingerprint density at radius 3 is 2.41 bits per heavy atom. The van der Waals surface area contributed by atoms with Crippen LogP contribution in [0.25, 0.3) is 33.0 Å². The number of fused-ring (bicyclic) bond motifs is 7. The van der Waals surface area contributed by atoms with Gasteiger partial charge in [0.2, 0.25) is 0 Å². The average molecular weight is 470 g/mol. The summed E-state index contributed by atoms with van der Waals surface area (Å²) in [5.41, 5.74) is 5.84. The van der Waals surface area contributed by atoms with Gasteiger partial charge in [-0.25, -0.2) is 4.39 Å². The van der Waals surface area contributed by atoms with Crippen LogP contribution in [-0.2, 0) is 5.41 Å². The van der Waals surface area contributed by atoms with Gasteiger partial charge >= 0.3 is 0 Å². The van der Waals surface area contributed by atoms with Crippen LogP contribution >= 0.6 is 0 Å². The molecule has 0 spiro atoms. The van der Waals surface area contributed by atoms with Gasteiger partial charge in [0.1, 0.15) is 23.0 Å². The molecule has 2 aromatic carbocycles. The molecule has 0 aliphatic rings. The fourth-order valence-electron chi connectivity index (χ4n) is 3.80. The van der Waals surface area contributed by atoms with Crippen molar-refractivity contribution in [2.45, 2.75) is 26.2 Å². The Hall–Kier alpha value is -2.21. The number of nitrogens with zero attached hydrogens (tertiary/aromatic N) is 2. The molecule has 0 radical (unpaired) electrons. The summed E-state index contributed by atoms with van der Waals surface area (Å²) in [6, 6.07) is 20.0. The molecular weight excluding hydrogens is 450 g/mol. The summed E-state index contributed by atoms with van der Waals surface area (Å²) in [4.78, 5) is 0. The third-order valence-electron chi connectivity index (χ3n) is 5.22. The van der Waals surface area contributed by atoms with Gasteiger partial charge in [0, 0.05) is 16.8 Å². The zero-order valence-electron chi connectivity index (χ0n) is 15.5. The first-order valence-corrected chi connectivity index (χ1v) is 8.90. The Balaban J connectivity index is 0.00000180. The Morgan fingerprint density at radius 2 is 1.63 bits per heavy atom. The number of hydrogen-bond donors (Lipinski definition) is 0. The maximum Gasteiger partial charge on any atom is 0.292 e. The topological polar surface area (TPSA) is 8.51 Å². The first-order chi connectivity index (χ1) is 12.4. The number of halogens is 2. The second kappa shape index (κ2) is 6.16. The van der Waals surface area contributed by atoms with E-state index >= 15 is 0 Å². The lowest BCUT2D eigenvalue weighted by Gasteiger charge is -2.19. The molecule has 0 aliphatic carbocycles. The van der Waals surface area contributed by atoms with Crippen LogP contribution in [0.15, 0.2) is 66.9 Å². The third-order valence-corrected chi connectivity index (χ3v) is 5.22. The minimum Gasteiger partial charge on any atom is -1.00 e. The van der Waals surface area contributed by atoms with Crippen LogP contribution in [0.3, 0.4) is 0 Å². The van der Waals surface area contributed by atoms with Gasteiger partial charge in [0.05, 0.1) is 0 Å². The molecule has 2 nitrogen and oxygen atoms in total. The van der Waals surface area contributed by atoms with E-state index in [0.29, 0.717) is 0 Å². The minimum atomic E-state index is -0.207. The van der Waals surface area contributed by atoms with Gasteiger partial charge in [-0.3, -0.25) is 0 Å². The molecule has 27 heavy (non-hydrogen) atoms. The van der Waals surface area contributed by atoms with Crippen LogP contribution in [0.5, 0.6) is 0 Å². The quantitative estimate of drug-likeness (QED) is 0.243. The number of benzene rings is 2. The van der Waals surface area contributed by atoms with Crippen LogP contribution in [0.2, 0.25) is 0 Å². The highest BCUT2D eigenvalue weighted by Gasteiger charge is 2.19. The van der Waals surface area contributed by atoms with Crippen LogP contribution in [0.4, 0.5) is 4.39 Å². The number of imidazole rings is 1. The van der Waals surface area contributed by atoms with Crippen molar-refractivity contribution in [1.29, 1.82) is 0 Å². The van der Waals surface area contributed by atoms with Gasteiger partial charge in [-0.2, -0.15) is 8.80 Å². The molecule has 5 aromatic rings. The molecule has 136 valence electrons. The van der Waals surface area contributed by atoms with Crippen molar-refractivity contribution in [1.82, 2.24) is 4.40 Å². The summed E-state index contributed by atoms with van der Waals surface area (Å²) in [5.74, 6) is -0.207. The largest absolute Gasteiger partial charge is 1.00 e. The first kappa shape index (κ1) is 18.2. The number of rotatable bonds is 0. The maximum atomic E-state index is 13.6. The smallest absolute Gasteiger partial charge is 0.292 e. The minimum absolute atomic E-state index is 0. The fourth-order valence-corrected chi connectivity index (χ4v) is 3.80. The van der Waals surface area contributed by atoms with Crippen molar-refractivity contribution >= 4 is 33.0 Å². The normalized spacial score (nSPS) is 12.1. The van der Waals surface area contributed by atoms with E-state index in [0.717, 1.165) is 22.1 Å². The van der Waals surface area contributed by atoms with Crippen molar-refractivity contribution in [2.75, 3.05) is 0 Å². The molecule has 0 atom stereocenters. The van der Waals surface area contributed by atoms with E-state index in [9.17, 15) is 4.39 Å². The highest BCUT2D eigenvalue weighted by Crippen LogP contribution is 2.27. The molecule has 0 unspecified atom stereocenters. The van der Waals surface area contributed by atoms with Crippen LogP contribution in [0, 0.1) is 5.82 Å². The van der Waals surface area contributed by atoms with Crippen molar-refractivity contribution < 1.29 is 32.8 Å². The van der Waals surface area contributed by atoms with E-state index in [1.807, 2.05) is 12.1 Å². The maximum absolute atomic E-state index is 13.6. The molecule has 0 aliphatic heterocycles. The van der Waals surface area contributed by atoms with Gasteiger partial charge in [0.25, 0.3) is 5.65 Å².